The lowest BCUT2D eigenvalue weighted by atomic mass is 10.1. The Morgan fingerprint density at radius 1 is 1.00 bits per heavy atom. The summed E-state index contributed by atoms with van der Waals surface area (Å²) in [5.41, 5.74) is 6.22. The Kier molecular flexibility index (Phi) is 4.93. The second kappa shape index (κ2) is 7.09. The fourth-order valence-corrected chi connectivity index (χ4v) is 1.84. The van der Waals surface area contributed by atoms with E-state index in [1.54, 1.807) is 24.3 Å². The quantitative estimate of drug-likeness (QED) is 0.879. The highest BCUT2D eigenvalue weighted by molar-refractivity contribution is 5.85. The number of hydrogen-bond donors (Lipinski definition) is 2. The molecule has 0 fully saturated rings. The second-order valence-electron chi connectivity index (χ2n) is 4.49. The topological polar surface area (TPSA) is 81.4 Å². The minimum atomic E-state index is -0.816. The number of hydrogen-bond acceptors (Lipinski definition) is 3. The summed E-state index contributed by atoms with van der Waals surface area (Å²) in [7, 11) is 0. The highest BCUT2D eigenvalue weighted by Gasteiger charge is 2.19. The van der Waals surface area contributed by atoms with Crippen LogP contribution in [0.25, 0.3) is 0 Å². The van der Waals surface area contributed by atoms with Crippen LogP contribution in [-0.4, -0.2) is 18.0 Å². The standard InChI is InChI=1S/C16H16N2O3/c17-15(19)14(11-12-7-3-1-4-8-12)18-16(20)21-13-9-5-2-6-10-13/h1-10,14H,11H2,(H2,17,19)(H,18,20)/t14-/m0/s1. The molecule has 0 saturated heterocycles. The molecule has 0 unspecified atom stereocenters. The van der Waals surface area contributed by atoms with Crippen LogP contribution < -0.4 is 15.8 Å². The first-order valence-corrected chi connectivity index (χ1v) is 6.52. The number of carbonyl (C=O) groups is 2. The van der Waals surface area contributed by atoms with E-state index < -0.39 is 18.0 Å². The van der Waals surface area contributed by atoms with E-state index in [0.29, 0.717) is 12.2 Å². The van der Waals surface area contributed by atoms with Crippen molar-refractivity contribution in [2.24, 2.45) is 5.73 Å². The Morgan fingerprint density at radius 2 is 1.57 bits per heavy atom. The molecule has 0 spiro atoms. The zero-order chi connectivity index (χ0) is 15.1. The molecule has 3 N–H and O–H groups in total. The van der Waals surface area contributed by atoms with Crippen LogP contribution in [0.3, 0.4) is 0 Å². The molecule has 2 amide bonds. The van der Waals surface area contributed by atoms with Crippen molar-refractivity contribution in [1.29, 1.82) is 0 Å². The van der Waals surface area contributed by atoms with Crippen LogP contribution in [0, 0.1) is 0 Å². The maximum Gasteiger partial charge on any atom is 0.413 e. The summed E-state index contributed by atoms with van der Waals surface area (Å²) in [5.74, 6) is -0.207. The van der Waals surface area contributed by atoms with Gasteiger partial charge in [-0.3, -0.25) is 4.79 Å². The first kappa shape index (κ1) is 14.6. The molecule has 5 heteroatoms. The monoisotopic (exact) mass is 284 g/mol. The molecule has 2 rings (SSSR count). The Bertz CT molecular complexity index is 599. The van der Waals surface area contributed by atoms with E-state index in [2.05, 4.69) is 5.32 Å². The maximum atomic E-state index is 11.8. The molecule has 108 valence electrons. The summed E-state index contributed by atoms with van der Waals surface area (Å²) in [6.45, 7) is 0. The lowest BCUT2D eigenvalue weighted by molar-refractivity contribution is -0.119. The van der Waals surface area contributed by atoms with E-state index in [1.165, 1.54) is 0 Å². The first-order chi connectivity index (χ1) is 10.1. The van der Waals surface area contributed by atoms with Gasteiger partial charge in [-0.15, -0.1) is 0 Å². The molecule has 0 radical (unpaired) electrons. The molecule has 2 aromatic rings. The number of amides is 2. The number of carbonyl (C=O) groups excluding carboxylic acids is 2. The number of ether oxygens (including phenoxy) is 1. The maximum absolute atomic E-state index is 11.8. The Morgan fingerprint density at radius 3 is 2.14 bits per heavy atom. The number of rotatable bonds is 5. The molecule has 0 aliphatic heterocycles. The molecule has 2 aromatic carbocycles. The molecule has 0 aromatic heterocycles. The van der Waals surface area contributed by atoms with Gasteiger partial charge in [0.05, 0.1) is 0 Å². The molecule has 0 bridgehead atoms. The molecule has 0 aliphatic rings. The van der Waals surface area contributed by atoms with Crippen LogP contribution >= 0.6 is 0 Å². The third-order valence-corrected chi connectivity index (χ3v) is 2.87. The number of primary amides is 1. The highest BCUT2D eigenvalue weighted by Crippen LogP contribution is 2.09. The molecule has 0 heterocycles. The van der Waals surface area contributed by atoms with Crippen LogP contribution in [0.5, 0.6) is 5.75 Å². The van der Waals surface area contributed by atoms with Crippen molar-refractivity contribution in [1.82, 2.24) is 5.32 Å². The number of para-hydroxylation sites is 1. The van der Waals surface area contributed by atoms with Crippen LogP contribution in [0.2, 0.25) is 0 Å². The smallest absolute Gasteiger partial charge is 0.410 e. The summed E-state index contributed by atoms with van der Waals surface area (Å²) in [6, 6.07) is 17.1. The first-order valence-electron chi connectivity index (χ1n) is 6.52. The minimum Gasteiger partial charge on any atom is -0.410 e. The number of nitrogens with one attached hydrogen (secondary N) is 1. The molecular weight excluding hydrogens is 268 g/mol. The molecule has 0 saturated carbocycles. The molecule has 5 nitrogen and oxygen atoms in total. The van der Waals surface area contributed by atoms with E-state index in [4.69, 9.17) is 10.5 Å². The average Bonchev–Trinajstić information content (AvgIpc) is 2.48. The number of nitrogens with two attached hydrogens (primary N) is 1. The lowest BCUT2D eigenvalue weighted by Crippen LogP contribution is -2.46. The zero-order valence-electron chi connectivity index (χ0n) is 11.4. The summed E-state index contributed by atoms with van der Waals surface area (Å²) < 4.78 is 5.07. The SMILES string of the molecule is NC(=O)[C@H](Cc1ccccc1)NC(=O)Oc1ccccc1. The van der Waals surface area contributed by atoms with Gasteiger partial charge in [-0.2, -0.15) is 0 Å². The Hall–Kier alpha value is -2.82. The van der Waals surface area contributed by atoms with Gasteiger partial charge in [-0.05, 0) is 17.7 Å². The van der Waals surface area contributed by atoms with E-state index in [-0.39, 0.29) is 0 Å². The summed E-state index contributed by atoms with van der Waals surface area (Å²) >= 11 is 0. The third-order valence-electron chi connectivity index (χ3n) is 2.87. The van der Waals surface area contributed by atoms with E-state index in [0.717, 1.165) is 5.56 Å². The van der Waals surface area contributed by atoms with Crippen LogP contribution in [0.4, 0.5) is 4.79 Å². The van der Waals surface area contributed by atoms with Gasteiger partial charge in [0.15, 0.2) is 0 Å². The summed E-state index contributed by atoms with van der Waals surface area (Å²) in [6.07, 6.45) is -0.388. The van der Waals surface area contributed by atoms with Crippen molar-refractivity contribution in [3.63, 3.8) is 0 Å². The van der Waals surface area contributed by atoms with Crippen molar-refractivity contribution in [2.75, 3.05) is 0 Å². The van der Waals surface area contributed by atoms with Crippen molar-refractivity contribution < 1.29 is 14.3 Å². The Labute approximate surface area is 122 Å². The largest absolute Gasteiger partial charge is 0.413 e. The van der Waals surface area contributed by atoms with Gasteiger partial charge in [0.1, 0.15) is 11.8 Å². The summed E-state index contributed by atoms with van der Waals surface area (Å²) in [4.78, 5) is 23.2. The molecule has 0 aliphatic carbocycles. The van der Waals surface area contributed by atoms with Crippen molar-refractivity contribution in [3.8, 4) is 5.75 Å². The van der Waals surface area contributed by atoms with Crippen molar-refractivity contribution in [2.45, 2.75) is 12.5 Å². The number of benzene rings is 2. The Balaban J connectivity index is 1.96. The van der Waals surface area contributed by atoms with Crippen LogP contribution in [-0.2, 0) is 11.2 Å². The average molecular weight is 284 g/mol. The zero-order valence-corrected chi connectivity index (χ0v) is 11.4. The summed E-state index contributed by atoms with van der Waals surface area (Å²) in [5, 5.41) is 2.48. The van der Waals surface area contributed by atoms with Gasteiger partial charge in [-0.25, -0.2) is 4.79 Å². The van der Waals surface area contributed by atoms with Gasteiger partial charge in [0.25, 0.3) is 0 Å². The normalized spacial score (nSPS) is 11.4. The van der Waals surface area contributed by atoms with Crippen molar-refractivity contribution in [3.05, 3.63) is 66.2 Å². The van der Waals surface area contributed by atoms with Crippen molar-refractivity contribution >= 4 is 12.0 Å². The molecular formula is C16H16N2O3. The predicted octanol–water partition coefficient (Wildman–Crippen LogP) is 1.87. The van der Waals surface area contributed by atoms with Gasteiger partial charge in [0.2, 0.25) is 5.91 Å². The van der Waals surface area contributed by atoms with Gasteiger partial charge < -0.3 is 15.8 Å². The predicted molar refractivity (Wildman–Crippen MR) is 78.7 cm³/mol. The van der Waals surface area contributed by atoms with Gasteiger partial charge in [-0.1, -0.05) is 48.5 Å². The molecule has 21 heavy (non-hydrogen) atoms. The third kappa shape index (κ3) is 4.65. The van der Waals surface area contributed by atoms with E-state index in [1.807, 2.05) is 36.4 Å². The lowest BCUT2D eigenvalue weighted by Gasteiger charge is -2.15. The second-order valence-corrected chi connectivity index (χ2v) is 4.49. The van der Waals surface area contributed by atoms with Gasteiger partial charge in [0, 0.05) is 6.42 Å². The van der Waals surface area contributed by atoms with Crippen LogP contribution in [0.15, 0.2) is 60.7 Å². The fourth-order valence-electron chi connectivity index (χ4n) is 1.84. The van der Waals surface area contributed by atoms with E-state index in [9.17, 15) is 9.59 Å². The fraction of sp³-hybridized carbons (Fsp3) is 0.125. The van der Waals surface area contributed by atoms with E-state index >= 15 is 0 Å². The van der Waals surface area contributed by atoms with Gasteiger partial charge >= 0.3 is 6.09 Å². The highest BCUT2D eigenvalue weighted by atomic mass is 16.6. The van der Waals surface area contributed by atoms with Crippen LogP contribution in [0.1, 0.15) is 5.56 Å². The molecule has 1 atom stereocenters. The minimum absolute atomic E-state index is 0.320.